The Morgan fingerprint density at radius 3 is 2.63 bits per heavy atom. The van der Waals surface area contributed by atoms with Gasteiger partial charge in [-0.2, -0.15) is 0 Å². The van der Waals surface area contributed by atoms with Crippen molar-refractivity contribution < 1.29 is 9.59 Å². The Morgan fingerprint density at radius 2 is 1.95 bits per heavy atom. The molecule has 8 heteroatoms. The molecule has 0 saturated carbocycles. The van der Waals surface area contributed by atoms with Crippen LogP contribution >= 0.6 is 11.3 Å². The van der Waals surface area contributed by atoms with E-state index in [1.165, 1.54) is 24.5 Å². The van der Waals surface area contributed by atoms with Crippen molar-refractivity contribution in [1.82, 2.24) is 20.6 Å². The minimum Gasteiger partial charge on any atom is -0.396 e. The summed E-state index contributed by atoms with van der Waals surface area (Å²) in [7, 11) is 0. The summed E-state index contributed by atoms with van der Waals surface area (Å²) < 4.78 is 0. The Labute approximate surface area is 113 Å². The second-order valence-corrected chi connectivity index (χ2v) is 4.79. The Balaban J connectivity index is 2.05. The number of aromatic nitrogens is 2. The Kier molecular flexibility index (Phi) is 3.91. The van der Waals surface area contributed by atoms with Crippen LogP contribution in [-0.4, -0.2) is 34.9 Å². The molecule has 0 aromatic carbocycles. The summed E-state index contributed by atoms with van der Waals surface area (Å²) in [6, 6.07) is 0. The number of nitrogens with zero attached hydrogens (tertiary/aromatic N) is 2. The number of hydrogen-bond donors (Lipinski definition) is 3. The summed E-state index contributed by atoms with van der Waals surface area (Å²) in [6.45, 7) is 2.14. The number of thiophene rings is 1. The highest BCUT2D eigenvalue weighted by molar-refractivity contribution is 7.21. The van der Waals surface area contributed by atoms with E-state index in [2.05, 4.69) is 20.6 Å². The summed E-state index contributed by atoms with van der Waals surface area (Å²) >= 11 is 1.20. The van der Waals surface area contributed by atoms with Gasteiger partial charge in [-0.15, -0.1) is 11.3 Å². The monoisotopic (exact) mass is 279 g/mol. The molecule has 0 spiro atoms. The summed E-state index contributed by atoms with van der Waals surface area (Å²) in [6.07, 6.45) is 3.08. The van der Waals surface area contributed by atoms with Crippen molar-refractivity contribution in [2.24, 2.45) is 0 Å². The number of anilines is 1. The van der Waals surface area contributed by atoms with E-state index in [9.17, 15) is 9.59 Å². The standard InChI is InChI=1S/C11H13N5O2S/c1-6(17)13-2-4-15-10(18)9-7(12)8-11(19-9)16-5-3-14-8/h3,5H,2,4,12H2,1H3,(H,13,17)(H,15,18). The van der Waals surface area contributed by atoms with Gasteiger partial charge < -0.3 is 16.4 Å². The molecular formula is C11H13N5O2S. The van der Waals surface area contributed by atoms with E-state index >= 15 is 0 Å². The zero-order chi connectivity index (χ0) is 13.8. The van der Waals surface area contributed by atoms with Crippen LogP contribution in [0.3, 0.4) is 0 Å². The lowest BCUT2D eigenvalue weighted by molar-refractivity contribution is -0.118. The number of fused-ring (bicyclic) bond motifs is 1. The van der Waals surface area contributed by atoms with E-state index in [-0.39, 0.29) is 11.8 Å². The number of amides is 2. The number of nitrogens with one attached hydrogen (secondary N) is 2. The van der Waals surface area contributed by atoms with Gasteiger partial charge >= 0.3 is 0 Å². The van der Waals surface area contributed by atoms with Crippen LogP contribution in [0.5, 0.6) is 0 Å². The predicted molar refractivity (Wildman–Crippen MR) is 72.8 cm³/mol. The maximum Gasteiger partial charge on any atom is 0.263 e. The normalized spacial score (nSPS) is 10.4. The number of rotatable bonds is 4. The Bertz CT molecular complexity index is 625. The van der Waals surface area contributed by atoms with Gasteiger partial charge in [0, 0.05) is 32.4 Å². The fraction of sp³-hybridized carbons (Fsp3) is 0.273. The molecule has 0 aliphatic carbocycles. The van der Waals surface area contributed by atoms with Crippen LogP contribution in [-0.2, 0) is 4.79 Å². The molecule has 0 aliphatic rings. The number of nitrogens with two attached hydrogens (primary N) is 1. The molecule has 0 fully saturated rings. The van der Waals surface area contributed by atoms with Crippen molar-refractivity contribution in [3.05, 3.63) is 17.3 Å². The van der Waals surface area contributed by atoms with E-state index in [4.69, 9.17) is 5.73 Å². The number of nitrogen functional groups attached to an aromatic ring is 1. The predicted octanol–water partition coefficient (Wildman–Crippen LogP) is 0.139. The third-order valence-corrected chi connectivity index (χ3v) is 3.46. The molecule has 0 saturated heterocycles. The molecule has 19 heavy (non-hydrogen) atoms. The van der Waals surface area contributed by atoms with Crippen LogP contribution in [0.15, 0.2) is 12.4 Å². The first-order valence-electron chi connectivity index (χ1n) is 5.61. The third-order valence-electron chi connectivity index (χ3n) is 2.35. The minimum atomic E-state index is -0.285. The molecule has 2 rings (SSSR count). The highest BCUT2D eigenvalue weighted by Gasteiger charge is 2.17. The number of hydrogen-bond acceptors (Lipinski definition) is 6. The number of carbonyl (C=O) groups excluding carboxylic acids is 2. The maximum atomic E-state index is 11.9. The fourth-order valence-corrected chi connectivity index (χ4v) is 2.45. The fourth-order valence-electron chi connectivity index (χ4n) is 1.51. The topological polar surface area (TPSA) is 110 Å². The van der Waals surface area contributed by atoms with Crippen molar-refractivity contribution >= 4 is 39.2 Å². The Morgan fingerprint density at radius 1 is 1.26 bits per heavy atom. The van der Waals surface area contributed by atoms with E-state index in [1.807, 2.05) is 0 Å². The first-order valence-corrected chi connectivity index (χ1v) is 6.43. The van der Waals surface area contributed by atoms with E-state index in [0.29, 0.717) is 34.0 Å². The third kappa shape index (κ3) is 2.97. The van der Waals surface area contributed by atoms with Gasteiger partial charge in [-0.3, -0.25) is 9.59 Å². The maximum absolute atomic E-state index is 11.9. The molecule has 4 N–H and O–H groups in total. The highest BCUT2D eigenvalue weighted by atomic mass is 32.1. The molecule has 2 heterocycles. The van der Waals surface area contributed by atoms with Gasteiger partial charge in [0.25, 0.3) is 5.91 Å². The van der Waals surface area contributed by atoms with Crippen LogP contribution in [0.25, 0.3) is 10.3 Å². The molecule has 0 radical (unpaired) electrons. The summed E-state index contributed by atoms with van der Waals surface area (Å²) in [4.78, 5) is 31.8. The van der Waals surface area contributed by atoms with Crippen molar-refractivity contribution in [2.45, 2.75) is 6.92 Å². The van der Waals surface area contributed by atoms with Gasteiger partial charge in [0.1, 0.15) is 15.2 Å². The lowest BCUT2D eigenvalue weighted by atomic mass is 10.3. The molecule has 0 unspecified atom stereocenters. The van der Waals surface area contributed by atoms with Crippen LogP contribution in [0.1, 0.15) is 16.6 Å². The highest BCUT2D eigenvalue weighted by Crippen LogP contribution is 2.29. The van der Waals surface area contributed by atoms with Crippen molar-refractivity contribution in [1.29, 1.82) is 0 Å². The SMILES string of the molecule is CC(=O)NCCNC(=O)c1sc2nccnc2c1N. The van der Waals surface area contributed by atoms with Gasteiger partial charge in [0.2, 0.25) is 5.91 Å². The zero-order valence-corrected chi connectivity index (χ0v) is 11.1. The second kappa shape index (κ2) is 5.61. The lowest BCUT2D eigenvalue weighted by Gasteiger charge is -2.04. The van der Waals surface area contributed by atoms with Crippen LogP contribution in [0, 0.1) is 0 Å². The average molecular weight is 279 g/mol. The van der Waals surface area contributed by atoms with E-state index in [1.54, 1.807) is 6.20 Å². The van der Waals surface area contributed by atoms with Crippen molar-refractivity contribution in [3.63, 3.8) is 0 Å². The van der Waals surface area contributed by atoms with Crippen molar-refractivity contribution in [3.8, 4) is 0 Å². The first-order chi connectivity index (χ1) is 9.09. The molecular weight excluding hydrogens is 266 g/mol. The lowest BCUT2D eigenvalue weighted by Crippen LogP contribution is -2.33. The summed E-state index contributed by atoms with van der Waals surface area (Å²) in [5.74, 6) is -0.420. The van der Waals surface area contributed by atoms with E-state index < -0.39 is 0 Å². The van der Waals surface area contributed by atoms with Crippen molar-refractivity contribution in [2.75, 3.05) is 18.8 Å². The van der Waals surface area contributed by atoms with Crippen LogP contribution < -0.4 is 16.4 Å². The largest absolute Gasteiger partial charge is 0.396 e. The average Bonchev–Trinajstić information content (AvgIpc) is 2.72. The smallest absolute Gasteiger partial charge is 0.263 e. The second-order valence-electron chi connectivity index (χ2n) is 3.79. The van der Waals surface area contributed by atoms with Crippen LogP contribution in [0.4, 0.5) is 5.69 Å². The van der Waals surface area contributed by atoms with Gasteiger partial charge in [0.05, 0.1) is 5.69 Å². The van der Waals surface area contributed by atoms with Gasteiger partial charge in [-0.1, -0.05) is 0 Å². The molecule has 2 amide bonds. The molecule has 2 aromatic rings. The van der Waals surface area contributed by atoms with E-state index in [0.717, 1.165) is 0 Å². The summed E-state index contributed by atoms with van der Waals surface area (Å²) in [5, 5.41) is 5.26. The molecule has 100 valence electrons. The molecule has 0 bridgehead atoms. The zero-order valence-electron chi connectivity index (χ0n) is 10.3. The van der Waals surface area contributed by atoms with Gasteiger partial charge in [-0.25, -0.2) is 9.97 Å². The minimum absolute atomic E-state index is 0.135. The summed E-state index contributed by atoms with van der Waals surface area (Å²) in [5.41, 5.74) is 6.75. The quantitative estimate of drug-likeness (QED) is 0.689. The molecule has 2 aromatic heterocycles. The van der Waals surface area contributed by atoms with Gasteiger partial charge in [-0.05, 0) is 0 Å². The molecule has 0 aliphatic heterocycles. The molecule has 0 atom stereocenters. The number of carbonyl (C=O) groups is 2. The first kappa shape index (κ1) is 13.2. The van der Waals surface area contributed by atoms with Gasteiger partial charge in [0.15, 0.2) is 0 Å². The molecule has 7 nitrogen and oxygen atoms in total. The Hall–Kier alpha value is -2.22. The van der Waals surface area contributed by atoms with Crippen LogP contribution in [0.2, 0.25) is 0 Å².